The first kappa shape index (κ1) is 12.3. The number of para-hydroxylation sites is 1. The Bertz CT molecular complexity index is 522. The lowest BCUT2D eigenvalue weighted by atomic mass is 10.0. The van der Waals surface area contributed by atoms with E-state index in [-0.39, 0.29) is 17.9 Å². The molecular weight excluding hydrogens is 239 g/mol. The molecule has 1 aromatic carbocycles. The fraction of sp³-hybridized carbons (Fsp3) is 0.231. The van der Waals surface area contributed by atoms with E-state index in [4.69, 9.17) is 9.47 Å². The van der Waals surface area contributed by atoms with E-state index < -0.39 is 17.9 Å². The summed E-state index contributed by atoms with van der Waals surface area (Å²) in [7, 11) is 0. The molecule has 94 valence electrons. The monoisotopic (exact) mass is 250 g/mol. The SMILES string of the molecule is CCOC(=O)[C@H]1Oc2c(F)cccc2C=C1C=O. The Morgan fingerprint density at radius 3 is 3.00 bits per heavy atom. The first-order valence-corrected chi connectivity index (χ1v) is 5.46. The maximum atomic E-state index is 13.5. The highest BCUT2D eigenvalue weighted by atomic mass is 19.1. The number of esters is 1. The molecule has 1 atom stereocenters. The number of carbonyl (C=O) groups excluding carboxylic acids is 2. The van der Waals surface area contributed by atoms with Crippen LogP contribution in [0.5, 0.6) is 5.75 Å². The molecule has 0 radical (unpaired) electrons. The van der Waals surface area contributed by atoms with Gasteiger partial charge in [0, 0.05) is 11.1 Å². The molecule has 2 rings (SSSR count). The van der Waals surface area contributed by atoms with Crippen molar-refractivity contribution < 1.29 is 23.5 Å². The third-order valence-corrected chi connectivity index (χ3v) is 2.49. The highest BCUT2D eigenvalue weighted by molar-refractivity contribution is 5.95. The lowest BCUT2D eigenvalue weighted by Gasteiger charge is -2.23. The fourth-order valence-electron chi connectivity index (χ4n) is 1.70. The van der Waals surface area contributed by atoms with Gasteiger partial charge in [-0.05, 0) is 19.1 Å². The van der Waals surface area contributed by atoms with Crippen LogP contribution in [0.3, 0.4) is 0 Å². The van der Waals surface area contributed by atoms with Gasteiger partial charge in [-0.15, -0.1) is 0 Å². The Morgan fingerprint density at radius 2 is 2.33 bits per heavy atom. The Labute approximate surface area is 103 Å². The van der Waals surface area contributed by atoms with E-state index >= 15 is 0 Å². The zero-order valence-corrected chi connectivity index (χ0v) is 9.68. The zero-order chi connectivity index (χ0) is 13.1. The molecule has 18 heavy (non-hydrogen) atoms. The van der Waals surface area contributed by atoms with Crippen molar-refractivity contribution in [2.45, 2.75) is 13.0 Å². The van der Waals surface area contributed by atoms with Crippen LogP contribution in [0.15, 0.2) is 23.8 Å². The van der Waals surface area contributed by atoms with Gasteiger partial charge in [-0.3, -0.25) is 4.79 Å². The quantitative estimate of drug-likeness (QED) is 0.605. The topological polar surface area (TPSA) is 52.6 Å². The molecule has 0 amide bonds. The van der Waals surface area contributed by atoms with Crippen LogP contribution in [0.2, 0.25) is 0 Å². The molecule has 1 aliphatic rings. The molecule has 0 N–H and O–H groups in total. The molecule has 0 spiro atoms. The predicted molar refractivity (Wildman–Crippen MR) is 61.5 cm³/mol. The molecule has 1 aromatic rings. The van der Waals surface area contributed by atoms with Crippen LogP contribution in [0, 0.1) is 5.82 Å². The lowest BCUT2D eigenvalue weighted by Crippen LogP contribution is -2.34. The largest absolute Gasteiger partial charge is 0.470 e. The molecule has 0 unspecified atom stereocenters. The Kier molecular flexibility index (Phi) is 3.41. The minimum Gasteiger partial charge on any atom is -0.470 e. The van der Waals surface area contributed by atoms with Gasteiger partial charge in [0.15, 0.2) is 11.6 Å². The van der Waals surface area contributed by atoms with Crippen LogP contribution in [0.25, 0.3) is 6.08 Å². The molecule has 5 heteroatoms. The number of hydrogen-bond acceptors (Lipinski definition) is 4. The third-order valence-electron chi connectivity index (χ3n) is 2.49. The summed E-state index contributed by atoms with van der Waals surface area (Å²) in [5.74, 6) is -1.33. The van der Waals surface area contributed by atoms with Gasteiger partial charge in [-0.2, -0.15) is 0 Å². The second-order valence-corrected chi connectivity index (χ2v) is 3.67. The van der Waals surface area contributed by atoms with E-state index in [0.717, 1.165) is 0 Å². The first-order valence-electron chi connectivity index (χ1n) is 5.46. The molecule has 0 saturated heterocycles. The first-order chi connectivity index (χ1) is 8.67. The summed E-state index contributed by atoms with van der Waals surface area (Å²) in [5, 5.41) is 0. The average molecular weight is 250 g/mol. The van der Waals surface area contributed by atoms with Gasteiger partial charge < -0.3 is 9.47 Å². The number of fused-ring (bicyclic) bond motifs is 1. The molecule has 1 heterocycles. The Balaban J connectivity index is 2.41. The molecule has 0 saturated carbocycles. The number of benzene rings is 1. The van der Waals surface area contributed by atoms with Crippen molar-refractivity contribution in [2.24, 2.45) is 0 Å². The number of carbonyl (C=O) groups is 2. The van der Waals surface area contributed by atoms with Gasteiger partial charge in [0.05, 0.1) is 6.61 Å². The summed E-state index contributed by atoms with van der Waals surface area (Å²) in [4.78, 5) is 22.5. The number of halogens is 1. The van der Waals surface area contributed by atoms with Crippen molar-refractivity contribution in [3.05, 3.63) is 35.2 Å². The van der Waals surface area contributed by atoms with Crippen molar-refractivity contribution in [1.82, 2.24) is 0 Å². The molecular formula is C13H11FO4. The normalized spacial score (nSPS) is 17.2. The maximum Gasteiger partial charge on any atom is 0.352 e. The van der Waals surface area contributed by atoms with Crippen molar-refractivity contribution in [3.63, 3.8) is 0 Å². The summed E-state index contributed by atoms with van der Waals surface area (Å²) < 4.78 is 23.5. The van der Waals surface area contributed by atoms with E-state index in [2.05, 4.69) is 0 Å². The minimum absolute atomic E-state index is 0.0406. The minimum atomic E-state index is -1.20. The lowest BCUT2D eigenvalue weighted by molar-refractivity contribution is -0.150. The van der Waals surface area contributed by atoms with Crippen LogP contribution in [-0.4, -0.2) is 25.0 Å². The summed E-state index contributed by atoms with van der Waals surface area (Å²) in [6.07, 6.45) is 0.734. The van der Waals surface area contributed by atoms with Crippen molar-refractivity contribution >= 4 is 18.3 Å². The summed E-state index contributed by atoms with van der Waals surface area (Å²) in [6, 6.07) is 4.32. The average Bonchev–Trinajstić information content (AvgIpc) is 2.38. The van der Waals surface area contributed by atoms with Gasteiger partial charge in [-0.25, -0.2) is 9.18 Å². The van der Waals surface area contributed by atoms with Crippen LogP contribution >= 0.6 is 0 Å². The maximum absolute atomic E-state index is 13.5. The van der Waals surface area contributed by atoms with E-state index in [1.54, 1.807) is 13.0 Å². The van der Waals surface area contributed by atoms with Gasteiger partial charge >= 0.3 is 5.97 Å². The Morgan fingerprint density at radius 1 is 1.56 bits per heavy atom. The van der Waals surface area contributed by atoms with Crippen molar-refractivity contribution in [2.75, 3.05) is 6.61 Å². The molecule has 4 nitrogen and oxygen atoms in total. The molecule has 0 aromatic heterocycles. The smallest absolute Gasteiger partial charge is 0.352 e. The van der Waals surface area contributed by atoms with E-state index in [1.165, 1.54) is 18.2 Å². The number of hydrogen-bond donors (Lipinski definition) is 0. The van der Waals surface area contributed by atoms with Gasteiger partial charge in [0.1, 0.15) is 6.29 Å². The fourth-order valence-corrected chi connectivity index (χ4v) is 1.70. The number of rotatable bonds is 3. The summed E-state index contributed by atoms with van der Waals surface area (Å²) in [5.41, 5.74) is 0.546. The second kappa shape index (κ2) is 5.00. The van der Waals surface area contributed by atoms with Gasteiger partial charge in [0.25, 0.3) is 0 Å². The van der Waals surface area contributed by atoms with Gasteiger partial charge in [-0.1, -0.05) is 12.1 Å². The van der Waals surface area contributed by atoms with Crippen molar-refractivity contribution in [3.8, 4) is 5.75 Å². The summed E-state index contributed by atoms with van der Waals surface area (Å²) >= 11 is 0. The zero-order valence-electron chi connectivity index (χ0n) is 9.68. The standard InChI is InChI=1S/C13H11FO4/c1-2-17-13(16)12-9(7-15)6-8-4-3-5-10(14)11(8)18-12/h3-7,12H,2H2,1H3/t12-/m0/s1. The number of aldehydes is 1. The van der Waals surface area contributed by atoms with E-state index in [1.807, 2.05) is 0 Å². The van der Waals surface area contributed by atoms with Crippen LogP contribution in [0.4, 0.5) is 4.39 Å². The van der Waals surface area contributed by atoms with Crippen molar-refractivity contribution in [1.29, 1.82) is 0 Å². The van der Waals surface area contributed by atoms with E-state index in [0.29, 0.717) is 11.8 Å². The Hall–Kier alpha value is -2.17. The van der Waals surface area contributed by atoms with Crippen LogP contribution in [-0.2, 0) is 14.3 Å². The van der Waals surface area contributed by atoms with Gasteiger partial charge in [0.2, 0.25) is 6.10 Å². The van der Waals surface area contributed by atoms with Crippen LogP contribution < -0.4 is 4.74 Å². The van der Waals surface area contributed by atoms with Crippen LogP contribution in [0.1, 0.15) is 12.5 Å². The summed E-state index contributed by atoms with van der Waals surface area (Å²) in [6.45, 7) is 1.80. The third kappa shape index (κ3) is 2.11. The second-order valence-electron chi connectivity index (χ2n) is 3.67. The van der Waals surface area contributed by atoms with E-state index in [9.17, 15) is 14.0 Å². The molecule has 1 aliphatic heterocycles. The molecule has 0 bridgehead atoms. The highest BCUT2D eigenvalue weighted by Crippen LogP contribution is 2.31. The highest BCUT2D eigenvalue weighted by Gasteiger charge is 2.31. The predicted octanol–water partition coefficient (Wildman–Crippen LogP) is 1.73. The molecule has 0 aliphatic carbocycles. The molecule has 0 fully saturated rings. The number of ether oxygens (including phenoxy) is 2.